The molecule has 7 nitrogen and oxygen atoms in total. The van der Waals surface area contributed by atoms with Crippen molar-refractivity contribution in [2.24, 2.45) is 12.0 Å². The number of nitrogens with zero attached hydrogens (tertiary/aromatic N) is 4. The van der Waals surface area contributed by atoms with Crippen molar-refractivity contribution in [1.29, 1.82) is 0 Å². The van der Waals surface area contributed by atoms with E-state index in [1.807, 2.05) is 29.9 Å². The zero-order valence-corrected chi connectivity index (χ0v) is 16.6. The van der Waals surface area contributed by atoms with Gasteiger partial charge in [0.25, 0.3) is 0 Å². The molecule has 132 valence electrons. The second-order valence-corrected chi connectivity index (χ2v) is 5.50. The Balaban J connectivity index is 0.00000225. The maximum atomic E-state index is 4.26. The van der Waals surface area contributed by atoms with Crippen LogP contribution in [-0.4, -0.2) is 32.8 Å². The summed E-state index contributed by atoms with van der Waals surface area (Å²) in [5.41, 5.74) is 3.37. The number of rotatable bonds is 5. The van der Waals surface area contributed by atoms with Crippen molar-refractivity contribution >= 4 is 29.9 Å². The van der Waals surface area contributed by atoms with E-state index in [0.29, 0.717) is 6.54 Å². The summed E-state index contributed by atoms with van der Waals surface area (Å²) in [5, 5.41) is 13.4. The van der Waals surface area contributed by atoms with Crippen LogP contribution in [0.3, 0.4) is 0 Å². The van der Waals surface area contributed by atoms with Gasteiger partial charge in [-0.2, -0.15) is 5.10 Å². The third-order valence-corrected chi connectivity index (χ3v) is 3.65. The summed E-state index contributed by atoms with van der Waals surface area (Å²) in [6, 6.07) is 10.2. The van der Waals surface area contributed by atoms with E-state index in [4.69, 9.17) is 0 Å². The van der Waals surface area contributed by atoms with Gasteiger partial charge < -0.3 is 15.2 Å². The molecule has 3 aromatic rings. The highest BCUT2D eigenvalue weighted by Gasteiger charge is 2.03. The van der Waals surface area contributed by atoms with Gasteiger partial charge in [0, 0.05) is 45.1 Å². The Kier molecular flexibility index (Phi) is 6.99. The molecule has 0 radical (unpaired) electrons. The highest BCUT2D eigenvalue weighted by molar-refractivity contribution is 14.0. The molecule has 0 saturated heterocycles. The summed E-state index contributed by atoms with van der Waals surface area (Å²) >= 11 is 0. The summed E-state index contributed by atoms with van der Waals surface area (Å²) < 4.78 is 2.03. The predicted octanol–water partition coefficient (Wildman–Crippen LogP) is 2.29. The highest BCUT2D eigenvalue weighted by atomic mass is 127. The Morgan fingerprint density at radius 1 is 1.20 bits per heavy atom. The van der Waals surface area contributed by atoms with E-state index >= 15 is 0 Å². The number of aromatic nitrogens is 4. The topological polar surface area (TPSA) is 82.9 Å². The largest absolute Gasteiger partial charge is 0.357 e. The van der Waals surface area contributed by atoms with Crippen LogP contribution in [0.2, 0.25) is 0 Å². The summed E-state index contributed by atoms with van der Waals surface area (Å²) in [6.45, 7) is 1.41. The lowest BCUT2D eigenvalue weighted by molar-refractivity contribution is 0.806. The molecule has 0 bridgehead atoms. The lowest BCUT2D eigenvalue weighted by atomic mass is 10.1. The van der Waals surface area contributed by atoms with Crippen molar-refractivity contribution in [1.82, 2.24) is 30.4 Å². The molecular weight excluding hydrogens is 429 g/mol. The average Bonchev–Trinajstić information content (AvgIpc) is 3.27. The van der Waals surface area contributed by atoms with Crippen LogP contribution >= 0.6 is 24.0 Å². The SMILES string of the molecule is CN=C(NCc1cccc(-c2ncn[nH]2)c1)NCc1ccn(C)c1.I. The van der Waals surface area contributed by atoms with Crippen LogP contribution in [0.1, 0.15) is 11.1 Å². The fraction of sp³-hybridized carbons (Fsp3) is 0.235. The van der Waals surface area contributed by atoms with Crippen LogP contribution in [0.4, 0.5) is 0 Å². The summed E-state index contributed by atoms with van der Waals surface area (Å²) in [7, 11) is 3.78. The van der Waals surface area contributed by atoms with Crippen LogP contribution in [0.25, 0.3) is 11.4 Å². The number of halogens is 1. The first kappa shape index (κ1) is 19.0. The molecule has 0 atom stereocenters. The van der Waals surface area contributed by atoms with Crippen LogP contribution in [-0.2, 0) is 20.1 Å². The lowest BCUT2D eigenvalue weighted by Crippen LogP contribution is -2.36. The molecule has 0 spiro atoms. The van der Waals surface area contributed by atoms with Gasteiger partial charge in [-0.3, -0.25) is 10.1 Å². The van der Waals surface area contributed by atoms with E-state index in [9.17, 15) is 0 Å². The molecule has 3 rings (SSSR count). The smallest absolute Gasteiger partial charge is 0.191 e. The summed E-state index contributed by atoms with van der Waals surface area (Å²) in [5.74, 6) is 1.53. The number of hydrogen-bond acceptors (Lipinski definition) is 3. The molecule has 8 heteroatoms. The quantitative estimate of drug-likeness (QED) is 0.316. The van der Waals surface area contributed by atoms with Crippen molar-refractivity contribution in [2.75, 3.05) is 7.05 Å². The normalized spacial score (nSPS) is 11.0. The molecule has 25 heavy (non-hydrogen) atoms. The van der Waals surface area contributed by atoms with E-state index in [2.05, 4.69) is 55.2 Å². The van der Waals surface area contributed by atoms with Gasteiger partial charge in [-0.15, -0.1) is 24.0 Å². The number of aromatic amines is 1. The fourth-order valence-corrected chi connectivity index (χ4v) is 2.43. The van der Waals surface area contributed by atoms with Gasteiger partial charge in [-0.1, -0.05) is 18.2 Å². The second kappa shape index (κ2) is 9.21. The molecule has 2 heterocycles. The van der Waals surface area contributed by atoms with Gasteiger partial charge in [0.05, 0.1) is 0 Å². The molecule has 0 unspecified atom stereocenters. The maximum absolute atomic E-state index is 4.26. The molecule has 2 aromatic heterocycles. The second-order valence-electron chi connectivity index (χ2n) is 5.50. The first-order chi connectivity index (χ1) is 11.7. The van der Waals surface area contributed by atoms with E-state index in [-0.39, 0.29) is 24.0 Å². The zero-order valence-electron chi connectivity index (χ0n) is 14.2. The van der Waals surface area contributed by atoms with Gasteiger partial charge in [0.1, 0.15) is 6.33 Å². The third-order valence-electron chi connectivity index (χ3n) is 3.65. The molecule has 0 aliphatic rings. The molecule has 1 aromatic carbocycles. The minimum Gasteiger partial charge on any atom is -0.357 e. The van der Waals surface area contributed by atoms with Crippen molar-refractivity contribution in [3.05, 3.63) is 60.2 Å². The zero-order chi connectivity index (χ0) is 16.8. The Labute approximate surface area is 164 Å². The Morgan fingerprint density at radius 3 is 2.64 bits per heavy atom. The fourth-order valence-electron chi connectivity index (χ4n) is 2.43. The van der Waals surface area contributed by atoms with Gasteiger partial charge >= 0.3 is 0 Å². The van der Waals surface area contributed by atoms with Crippen molar-refractivity contribution in [2.45, 2.75) is 13.1 Å². The Bertz CT molecular complexity index is 808. The van der Waals surface area contributed by atoms with Gasteiger partial charge in [0.2, 0.25) is 0 Å². The Morgan fingerprint density at radius 2 is 2.00 bits per heavy atom. The molecule has 0 fully saturated rings. The van der Waals surface area contributed by atoms with Crippen molar-refractivity contribution in [3.63, 3.8) is 0 Å². The number of nitrogens with one attached hydrogen (secondary N) is 3. The first-order valence-electron chi connectivity index (χ1n) is 7.74. The van der Waals surface area contributed by atoms with Crippen molar-refractivity contribution in [3.8, 4) is 11.4 Å². The van der Waals surface area contributed by atoms with E-state index in [1.54, 1.807) is 7.05 Å². The predicted molar refractivity (Wildman–Crippen MR) is 110 cm³/mol. The summed E-state index contributed by atoms with van der Waals surface area (Å²) in [4.78, 5) is 8.44. The van der Waals surface area contributed by atoms with Crippen molar-refractivity contribution < 1.29 is 0 Å². The minimum absolute atomic E-state index is 0. The number of H-pyrrole nitrogens is 1. The standard InChI is InChI=1S/C17H21N7.HI/c1-18-17(20-10-14-6-7-24(2)11-14)19-9-13-4-3-5-15(8-13)16-21-12-22-23-16;/h3-8,11-12H,9-10H2,1-2H3,(H2,18,19,20)(H,21,22,23);1H. The molecular formula is C17H22IN7. The number of aryl methyl sites for hydroxylation is 1. The van der Waals surface area contributed by atoms with Gasteiger partial charge in [-0.25, -0.2) is 4.98 Å². The maximum Gasteiger partial charge on any atom is 0.191 e. The third kappa shape index (κ3) is 5.31. The summed E-state index contributed by atoms with van der Waals surface area (Å²) in [6.07, 6.45) is 5.62. The molecule has 0 saturated carbocycles. The molecule has 0 aliphatic heterocycles. The minimum atomic E-state index is 0. The number of hydrogen-bond donors (Lipinski definition) is 3. The van der Waals surface area contributed by atoms with E-state index < -0.39 is 0 Å². The monoisotopic (exact) mass is 451 g/mol. The highest BCUT2D eigenvalue weighted by Crippen LogP contribution is 2.15. The number of benzene rings is 1. The Hall–Kier alpha value is -2.36. The van der Waals surface area contributed by atoms with Crippen LogP contribution < -0.4 is 10.6 Å². The van der Waals surface area contributed by atoms with E-state index in [0.717, 1.165) is 29.5 Å². The van der Waals surface area contributed by atoms with E-state index in [1.165, 1.54) is 11.9 Å². The number of guanidine groups is 1. The average molecular weight is 451 g/mol. The van der Waals surface area contributed by atoms with Crippen LogP contribution in [0.5, 0.6) is 0 Å². The van der Waals surface area contributed by atoms with Gasteiger partial charge in [-0.05, 0) is 23.3 Å². The van der Waals surface area contributed by atoms with Gasteiger partial charge in [0.15, 0.2) is 11.8 Å². The number of aliphatic imine (C=N–C) groups is 1. The molecule has 0 amide bonds. The van der Waals surface area contributed by atoms with Crippen LogP contribution in [0, 0.1) is 0 Å². The first-order valence-corrected chi connectivity index (χ1v) is 7.74. The molecule has 3 N–H and O–H groups in total. The lowest BCUT2D eigenvalue weighted by Gasteiger charge is -2.12. The molecule has 0 aliphatic carbocycles. The van der Waals surface area contributed by atoms with Crippen LogP contribution in [0.15, 0.2) is 54.0 Å².